The number of hydrogen-bond donors (Lipinski definition) is 0. The topological polar surface area (TPSA) is 16.1 Å². The molecule has 80 valence electrons. The lowest BCUT2D eigenvalue weighted by Crippen LogP contribution is -2.20. The van der Waals surface area contributed by atoms with Crippen molar-refractivity contribution >= 4 is 32.4 Å². The Balaban J connectivity index is 2.47. The van der Waals surface area contributed by atoms with Crippen molar-refractivity contribution in [2.24, 2.45) is 0 Å². The van der Waals surface area contributed by atoms with Crippen LogP contribution in [0.4, 0.5) is 5.13 Å². The van der Waals surface area contributed by atoms with Gasteiger partial charge in [-0.05, 0) is 12.8 Å². The second-order valence-corrected chi connectivity index (χ2v) is 5.87. The third-order valence-electron chi connectivity index (χ3n) is 2.09. The molecule has 1 unspecified atom stereocenters. The summed E-state index contributed by atoms with van der Waals surface area (Å²) in [6, 6.07) is 0. The van der Waals surface area contributed by atoms with Crippen molar-refractivity contribution in [3.8, 4) is 0 Å². The van der Waals surface area contributed by atoms with Gasteiger partial charge in [-0.1, -0.05) is 29.8 Å². The fourth-order valence-electron chi connectivity index (χ4n) is 1.10. The molecule has 0 fully saturated rings. The van der Waals surface area contributed by atoms with Gasteiger partial charge in [0.15, 0.2) is 5.13 Å². The monoisotopic (exact) mass is 276 g/mol. The van der Waals surface area contributed by atoms with Crippen LogP contribution in [0.1, 0.15) is 26.0 Å². The molecule has 0 aliphatic carbocycles. The van der Waals surface area contributed by atoms with Gasteiger partial charge < -0.3 is 4.90 Å². The average Bonchev–Trinajstić information content (AvgIpc) is 2.62. The quantitative estimate of drug-likeness (QED) is 0.768. The summed E-state index contributed by atoms with van der Waals surface area (Å²) in [6.07, 6.45) is 2.18. The van der Waals surface area contributed by atoms with Gasteiger partial charge in [0.1, 0.15) is 0 Å². The van der Waals surface area contributed by atoms with Crippen molar-refractivity contribution in [1.82, 2.24) is 4.98 Å². The van der Waals surface area contributed by atoms with Gasteiger partial charge in [0.25, 0.3) is 0 Å². The van der Waals surface area contributed by atoms with E-state index >= 15 is 0 Å². The van der Waals surface area contributed by atoms with E-state index in [-0.39, 0.29) is 0 Å². The van der Waals surface area contributed by atoms with Crippen LogP contribution in [-0.2, 0) is 6.42 Å². The Morgan fingerprint density at radius 3 is 2.86 bits per heavy atom. The van der Waals surface area contributed by atoms with Gasteiger partial charge in [-0.3, -0.25) is 0 Å². The second kappa shape index (κ2) is 5.71. The number of aryl methyl sites for hydroxylation is 1. The molecule has 0 spiro atoms. The van der Waals surface area contributed by atoms with E-state index in [1.54, 1.807) is 11.3 Å². The number of halogens is 1. The minimum Gasteiger partial charge on any atom is -0.351 e. The Morgan fingerprint density at radius 1 is 1.64 bits per heavy atom. The van der Waals surface area contributed by atoms with Crippen LogP contribution in [0.2, 0.25) is 0 Å². The smallest absolute Gasteiger partial charge is 0.185 e. The highest BCUT2D eigenvalue weighted by molar-refractivity contribution is 9.09. The number of rotatable bonds is 5. The molecule has 0 saturated carbocycles. The molecule has 1 heterocycles. The normalized spacial score (nSPS) is 12.9. The van der Waals surface area contributed by atoms with E-state index < -0.39 is 0 Å². The van der Waals surface area contributed by atoms with Crippen molar-refractivity contribution in [2.75, 3.05) is 18.5 Å². The molecule has 1 aromatic rings. The first-order valence-corrected chi connectivity index (χ1v) is 6.72. The van der Waals surface area contributed by atoms with Crippen molar-refractivity contribution in [2.45, 2.75) is 31.5 Å². The molecule has 0 N–H and O–H groups in total. The van der Waals surface area contributed by atoms with Gasteiger partial charge in [-0.15, -0.1) is 11.3 Å². The fraction of sp³-hybridized carbons (Fsp3) is 0.700. The van der Waals surface area contributed by atoms with Gasteiger partial charge in [-0.25, -0.2) is 4.98 Å². The predicted octanol–water partition coefficient (Wildman–Crippen LogP) is 3.32. The van der Waals surface area contributed by atoms with Gasteiger partial charge in [0, 0.05) is 23.8 Å². The Morgan fingerprint density at radius 2 is 2.36 bits per heavy atom. The summed E-state index contributed by atoms with van der Waals surface area (Å²) in [7, 11) is 2.10. The molecule has 4 heteroatoms. The highest BCUT2D eigenvalue weighted by Gasteiger charge is 2.06. The van der Waals surface area contributed by atoms with E-state index in [1.165, 1.54) is 5.69 Å². The number of hydrogen-bond acceptors (Lipinski definition) is 3. The Hall–Kier alpha value is -0.0900. The van der Waals surface area contributed by atoms with Crippen LogP contribution in [-0.4, -0.2) is 23.4 Å². The molecule has 0 aliphatic rings. The average molecular weight is 277 g/mol. The summed E-state index contributed by atoms with van der Waals surface area (Å²) >= 11 is 5.28. The molecule has 1 atom stereocenters. The van der Waals surface area contributed by atoms with Crippen LogP contribution in [0, 0.1) is 0 Å². The van der Waals surface area contributed by atoms with E-state index in [0.717, 1.165) is 24.5 Å². The van der Waals surface area contributed by atoms with Crippen LogP contribution in [0.25, 0.3) is 0 Å². The third kappa shape index (κ3) is 3.58. The number of anilines is 1. The van der Waals surface area contributed by atoms with Gasteiger partial charge >= 0.3 is 0 Å². The Kier molecular flexibility index (Phi) is 4.89. The second-order valence-electron chi connectivity index (χ2n) is 3.47. The molecule has 0 amide bonds. The van der Waals surface area contributed by atoms with E-state index in [2.05, 4.69) is 52.1 Å². The lowest BCUT2D eigenvalue weighted by molar-refractivity contribution is 0.783. The van der Waals surface area contributed by atoms with Crippen molar-refractivity contribution < 1.29 is 0 Å². The molecule has 14 heavy (non-hydrogen) atoms. The van der Waals surface area contributed by atoms with E-state index in [1.807, 2.05) is 0 Å². The zero-order chi connectivity index (χ0) is 10.6. The number of thiazole rings is 1. The summed E-state index contributed by atoms with van der Waals surface area (Å²) in [6.45, 7) is 5.37. The SMILES string of the molecule is CCc1csc(N(C)CCC(C)Br)n1. The third-order valence-corrected chi connectivity index (χ3v) is 3.55. The van der Waals surface area contributed by atoms with Gasteiger partial charge in [0.05, 0.1) is 5.69 Å². The zero-order valence-corrected chi connectivity index (χ0v) is 11.4. The van der Waals surface area contributed by atoms with Crippen molar-refractivity contribution in [3.05, 3.63) is 11.1 Å². The highest BCUT2D eigenvalue weighted by Crippen LogP contribution is 2.20. The standard InChI is InChI=1S/C10H17BrN2S/c1-4-9-7-14-10(12-9)13(3)6-5-8(2)11/h7-8H,4-6H2,1-3H3. The van der Waals surface area contributed by atoms with E-state index in [9.17, 15) is 0 Å². The van der Waals surface area contributed by atoms with Crippen LogP contribution in [0.3, 0.4) is 0 Å². The van der Waals surface area contributed by atoms with Crippen LogP contribution in [0.15, 0.2) is 5.38 Å². The first-order chi connectivity index (χ1) is 6.63. The summed E-state index contributed by atoms with van der Waals surface area (Å²) in [5, 5.41) is 3.28. The minimum absolute atomic E-state index is 0.579. The van der Waals surface area contributed by atoms with E-state index in [4.69, 9.17) is 0 Å². The predicted molar refractivity (Wildman–Crippen MR) is 67.8 cm³/mol. The summed E-state index contributed by atoms with van der Waals surface area (Å²) < 4.78 is 0. The number of nitrogens with zero attached hydrogens (tertiary/aromatic N) is 2. The molecule has 1 aromatic heterocycles. The zero-order valence-electron chi connectivity index (χ0n) is 8.96. The van der Waals surface area contributed by atoms with Gasteiger partial charge in [0.2, 0.25) is 0 Å². The van der Waals surface area contributed by atoms with Gasteiger partial charge in [-0.2, -0.15) is 0 Å². The molecule has 0 radical (unpaired) electrons. The largest absolute Gasteiger partial charge is 0.351 e. The highest BCUT2D eigenvalue weighted by atomic mass is 79.9. The summed E-state index contributed by atoms with van der Waals surface area (Å²) in [5.74, 6) is 0. The Bertz CT molecular complexity index is 273. The minimum atomic E-state index is 0.579. The Labute approximate surface area is 98.5 Å². The maximum absolute atomic E-state index is 4.54. The molecule has 1 rings (SSSR count). The molecule has 0 saturated heterocycles. The number of aromatic nitrogens is 1. The maximum atomic E-state index is 4.54. The lowest BCUT2D eigenvalue weighted by Gasteiger charge is -2.16. The maximum Gasteiger partial charge on any atom is 0.185 e. The molecule has 2 nitrogen and oxygen atoms in total. The summed E-state index contributed by atoms with van der Waals surface area (Å²) in [5.41, 5.74) is 1.20. The van der Waals surface area contributed by atoms with Crippen LogP contribution >= 0.6 is 27.3 Å². The first kappa shape index (κ1) is 12.0. The fourth-order valence-corrected chi connectivity index (χ4v) is 2.21. The molecular weight excluding hydrogens is 260 g/mol. The van der Waals surface area contributed by atoms with Crippen LogP contribution < -0.4 is 4.90 Å². The van der Waals surface area contributed by atoms with Crippen LogP contribution in [0.5, 0.6) is 0 Å². The molecule has 0 aromatic carbocycles. The lowest BCUT2D eigenvalue weighted by atomic mass is 10.3. The van der Waals surface area contributed by atoms with Crippen molar-refractivity contribution in [1.29, 1.82) is 0 Å². The first-order valence-electron chi connectivity index (χ1n) is 4.93. The van der Waals surface area contributed by atoms with Crippen molar-refractivity contribution in [3.63, 3.8) is 0 Å². The summed E-state index contributed by atoms with van der Waals surface area (Å²) in [4.78, 5) is 7.34. The molecule has 0 bridgehead atoms. The molecular formula is C10H17BrN2S. The van der Waals surface area contributed by atoms with E-state index in [0.29, 0.717) is 4.83 Å². The number of alkyl halides is 1. The molecule has 0 aliphatic heterocycles.